The van der Waals surface area contributed by atoms with Crippen molar-refractivity contribution < 1.29 is 23.1 Å². The summed E-state index contributed by atoms with van der Waals surface area (Å²) in [5.74, 6) is -1.00. The van der Waals surface area contributed by atoms with Gasteiger partial charge in [-0.25, -0.2) is 0 Å². The summed E-state index contributed by atoms with van der Waals surface area (Å²) in [7, 11) is 0. The zero-order valence-corrected chi connectivity index (χ0v) is 10.7. The van der Waals surface area contributed by atoms with Crippen LogP contribution in [0.25, 0.3) is 0 Å². The van der Waals surface area contributed by atoms with E-state index in [1.807, 2.05) is 0 Å². The highest BCUT2D eigenvalue weighted by molar-refractivity contribution is 5.63. The van der Waals surface area contributed by atoms with Gasteiger partial charge in [0.2, 0.25) is 0 Å². The van der Waals surface area contributed by atoms with Crippen LogP contribution < -0.4 is 5.11 Å². The molecule has 0 heterocycles. The molecule has 0 unspecified atom stereocenters. The summed E-state index contributed by atoms with van der Waals surface area (Å²) in [4.78, 5) is 10.1. The first kappa shape index (κ1) is 17.3. The largest absolute Gasteiger partial charge is 0.550 e. The Balaban J connectivity index is 3.06. The summed E-state index contributed by atoms with van der Waals surface area (Å²) in [6.45, 7) is 0. The molecule has 0 saturated carbocycles. The van der Waals surface area contributed by atoms with E-state index in [0.717, 1.165) is 38.5 Å². The summed E-state index contributed by atoms with van der Waals surface area (Å²) in [5.41, 5.74) is 0. The summed E-state index contributed by atoms with van der Waals surface area (Å²) >= 11 is 0. The number of carbonyl (C=O) groups excluding carboxylic acids is 1. The molecule has 0 aromatic heterocycles. The molecule has 0 aliphatic rings. The molecule has 108 valence electrons. The van der Waals surface area contributed by atoms with Crippen LogP contribution in [0.3, 0.4) is 0 Å². The minimum atomic E-state index is -4.01. The summed E-state index contributed by atoms with van der Waals surface area (Å²) < 4.78 is 35.4. The van der Waals surface area contributed by atoms with Gasteiger partial charge in [-0.2, -0.15) is 13.2 Å². The van der Waals surface area contributed by atoms with Crippen LogP contribution >= 0.6 is 0 Å². The van der Waals surface area contributed by atoms with Crippen molar-refractivity contribution in [2.45, 2.75) is 76.8 Å². The van der Waals surface area contributed by atoms with Gasteiger partial charge in [0.05, 0.1) is 0 Å². The Bertz CT molecular complexity index is 215. The van der Waals surface area contributed by atoms with Crippen molar-refractivity contribution in [2.75, 3.05) is 0 Å². The highest BCUT2D eigenvalue weighted by Gasteiger charge is 2.25. The molecule has 0 fully saturated rings. The lowest BCUT2D eigenvalue weighted by molar-refractivity contribution is -0.305. The Labute approximate surface area is 107 Å². The third-order valence-electron chi connectivity index (χ3n) is 2.84. The number of aliphatic carboxylic acids is 1. The van der Waals surface area contributed by atoms with Gasteiger partial charge in [0.15, 0.2) is 0 Å². The fraction of sp³-hybridized carbons (Fsp3) is 0.923. The zero-order chi connectivity index (χ0) is 13.9. The van der Waals surface area contributed by atoms with E-state index in [9.17, 15) is 23.1 Å². The molecule has 0 spiro atoms. The van der Waals surface area contributed by atoms with E-state index in [-0.39, 0.29) is 12.8 Å². The molecule has 5 heteroatoms. The second-order valence-electron chi connectivity index (χ2n) is 4.67. The SMILES string of the molecule is O=C([O-])CCCCCCCCCCCC(F)(F)F. The minimum Gasteiger partial charge on any atom is -0.550 e. The van der Waals surface area contributed by atoms with Crippen LogP contribution in [0.4, 0.5) is 13.2 Å². The Morgan fingerprint density at radius 2 is 1.17 bits per heavy atom. The maximum absolute atomic E-state index is 11.8. The van der Waals surface area contributed by atoms with Crippen molar-refractivity contribution in [1.82, 2.24) is 0 Å². The molecule has 0 radical (unpaired) electrons. The molecule has 2 nitrogen and oxygen atoms in total. The van der Waals surface area contributed by atoms with Crippen LogP contribution in [-0.4, -0.2) is 12.1 Å². The molecule has 0 amide bonds. The van der Waals surface area contributed by atoms with Crippen LogP contribution in [0.5, 0.6) is 0 Å². The third-order valence-corrected chi connectivity index (χ3v) is 2.84. The molecule has 0 aromatic rings. The predicted molar refractivity (Wildman–Crippen MR) is 61.8 cm³/mol. The molecule has 0 aliphatic heterocycles. The number of carboxylic acids is 1. The summed E-state index contributed by atoms with van der Waals surface area (Å²) in [5, 5.41) is 10.1. The van der Waals surface area contributed by atoms with Crippen LogP contribution in [0.1, 0.15) is 70.6 Å². The second-order valence-corrected chi connectivity index (χ2v) is 4.67. The average Bonchev–Trinajstić information content (AvgIpc) is 2.24. The fourth-order valence-corrected chi connectivity index (χ4v) is 1.83. The summed E-state index contributed by atoms with van der Waals surface area (Å²) in [6.07, 6.45) is 2.74. The molecule has 0 aromatic carbocycles. The molecule has 0 aliphatic carbocycles. The number of halogens is 3. The lowest BCUT2D eigenvalue weighted by Crippen LogP contribution is -2.21. The van der Waals surface area contributed by atoms with E-state index >= 15 is 0 Å². The standard InChI is InChI=1S/C13H23F3O2/c14-13(15,16)11-9-7-5-3-1-2-4-6-8-10-12(17)18/h1-11H2,(H,17,18)/p-1. The number of carboxylic acid groups (broad SMARTS) is 1. The number of carbonyl (C=O) groups is 1. The molecule has 0 rings (SSSR count). The zero-order valence-electron chi connectivity index (χ0n) is 10.7. The van der Waals surface area contributed by atoms with Gasteiger partial charge in [-0.05, 0) is 19.3 Å². The fourth-order valence-electron chi connectivity index (χ4n) is 1.83. The van der Waals surface area contributed by atoms with Gasteiger partial charge in [-0.15, -0.1) is 0 Å². The van der Waals surface area contributed by atoms with E-state index in [1.165, 1.54) is 0 Å². The number of hydrogen-bond acceptors (Lipinski definition) is 2. The average molecular weight is 267 g/mol. The maximum Gasteiger partial charge on any atom is 0.389 e. The van der Waals surface area contributed by atoms with E-state index in [1.54, 1.807) is 0 Å². The van der Waals surface area contributed by atoms with Crippen molar-refractivity contribution in [3.63, 3.8) is 0 Å². The predicted octanol–water partition coefficient (Wildman–Crippen LogP) is 3.59. The van der Waals surface area contributed by atoms with E-state index in [4.69, 9.17) is 0 Å². The van der Waals surface area contributed by atoms with Crippen molar-refractivity contribution in [3.05, 3.63) is 0 Å². The van der Waals surface area contributed by atoms with Gasteiger partial charge in [-0.1, -0.05) is 44.9 Å². The Morgan fingerprint density at radius 3 is 1.56 bits per heavy atom. The van der Waals surface area contributed by atoms with Gasteiger partial charge in [0, 0.05) is 12.4 Å². The van der Waals surface area contributed by atoms with Crippen molar-refractivity contribution >= 4 is 5.97 Å². The first-order valence-corrected chi connectivity index (χ1v) is 6.68. The molecule has 0 saturated heterocycles. The van der Waals surface area contributed by atoms with Crippen molar-refractivity contribution in [2.24, 2.45) is 0 Å². The number of hydrogen-bond donors (Lipinski definition) is 0. The van der Waals surface area contributed by atoms with E-state index < -0.39 is 18.6 Å². The number of rotatable bonds is 11. The lowest BCUT2D eigenvalue weighted by Gasteiger charge is -2.05. The monoisotopic (exact) mass is 267 g/mol. The number of alkyl halides is 3. The Hall–Kier alpha value is -0.740. The van der Waals surface area contributed by atoms with Gasteiger partial charge in [0.25, 0.3) is 0 Å². The van der Waals surface area contributed by atoms with Gasteiger partial charge in [0.1, 0.15) is 0 Å². The third kappa shape index (κ3) is 15.3. The molecule has 0 bridgehead atoms. The second kappa shape index (κ2) is 10.2. The quantitative estimate of drug-likeness (QED) is 0.537. The number of unbranched alkanes of at least 4 members (excludes halogenated alkanes) is 8. The molecular weight excluding hydrogens is 245 g/mol. The first-order chi connectivity index (χ1) is 8.42. The highest BCUT2D eigenvalue weighted by Crippen LogP contribution is 2.23. The van der Waals surface area contributed by atoms with Gasteiger partial charge < -0.3 is 9.90 Å². The van der Waals surface area contributed by atoms with Crippen molar-refractivity contribution in [3.8, 4) is 0 Å². The van der Waals surface area contributed by atoms with Gasteiger partial charge in [-0.3, -0.25) is 0 Å². The summed E-state index contributed by atoms with van der Waals surface area (Å²) in [6, 6.07) is 0. The van der Waals surface area contributed by atoms with E-state index in [0.29, 0.717) is 12.8 Å². The normalized spacial score (nSPS) is 11.7. The minimum absolute atomic E-state index is 0.122. The molecular formula is C13H22F3O2-. The Kier molecular flexibility index (Phi) is 9.79. The Morgan fingerprint density at radius 1 is 0.778 bits per heavy atom. The maximum atomic E-state index is 11.8. The smallest absolute Gasteiger partial charge is 0.389 e. The van der Waals surface area contributed by atoms with Crippen LogP contribution in [0, 0.1) is 0 Å². The molecule has 18 heavy (non-hydrogen) atoms. The van der Waals surface area contributed by atoms with Crippen LogP contribution in [0.2, 0.25) is 0 Å². The van der Waals surface area contributed by atoms with E-state index in [2.05, 4.69) is 0 Å². The molecule has 0 atom stereocenters. The topological polar surface area (TPSA) is 40.1 Å². The lowest BCUT2D eigenvalue weighted by atomic mass is 10.1. The first-order valence-electron chi connectivity index (χ1n) is 6.68. The van der Waals surface area contributed by atoms with Crippen molar-refractivity contribution in [1.29, 1.82) is 0 Å². The molecule has 0 N–H and O–H groups in total. The highest BCUT2D eigenvalue weighted by atomic mass is 19.4. The van der Waals surface area contributed by atoms with Crippen LogP contribution in [-0.2, 0) is 4.79 Å². The van der Waals surface area contributed by atoms with Crippen LogP contribution in [0.15, 0.2) is 0 Å². The van der Waals surface area contributed by atoms with Gasteiger partial charge >= 0.3 is 6.18 Å².